The van der Waals surface area contributed by atoms with Crippen molar-refractivity contribution >= 4 is 88.0 Å². The number of nitriles is 2. The Morgan fingerprint density at radius 1 is 0.273 bits per heavy atom. The standard InChI is InChI=1S/C62H38N4/c63-39-51-37-49(47-21-19-41-11-7-9-13-45(41)35-47)27-31-57(51)65(53-15-3-1-4-16-53)59-33-25-43-24-30-56-60(34-26-44-23-29-55(59)61(43)62(44)56)66(54-17-5-2-6-18-54)58-32-28-50(38-52(58)40-64)48-22-20-42-12-8-10-14-46(42)36-48/h1-38H. The van der Waals surface area contributed by atoms with Gasteiger partial charge in [0.1, 0.15) is 12.1 Å². The zero-order chi connectivity index (χ0) is 44.1. The van der Waals surface area contributed by atoms with Crippen molar-refractivity contribution in [3.8, 4) is 34.4 Å². The minimum atomic E-state index is 0.580. The van der Waals surface area contributed by atoms with Crippen LogP contribution in [0, 0.1) is 22.7 Å². The molecule has 12 aromatic rings. The smallest absolute Gasteiger partial charge is 0.101 e. The fourth-order valence-corrected chi connectivity index (χ4v) is 9.87. The molecule has 0 aliphatic carbocycles. The van der Waals surface area contributed by atoms with E-state index < -0.39 is 0 Å². The van der Waals surface area contributed by atoms with Crippen molar-refractivity contribution in [2.75, 3.05) is 9.80 Å². The number of anilines is 6. The summed E-state index contributed by atoms with van der Waals surface area (Å²) in [6.07, 6.45) is 0. The summed E-state index contributed by atoms with van der Waals surface area (Å²) in [5.74, 6) is 0. The van der Waals surface area contributed by atoms with Crippen molar-refractivity contribution in [3.05, 3.63) is 242 Å². The van der Waals surface area contributed by atoms with Crippen LogP contribution in [0.5, 0.6) is 0 Å². The number of nitrogens with zero attached hydrogens (tertiary/aromatic N) is 4. The Labute approximate surface area is 382 Å². The predicted octanol–water partition coefficient (Wildman–Crippen LogP) is 16.9. The molecular formula is C62H38N4. The van der Waals surface area contributed by atoms with Crippen molar-refractivity contribution in [3.63, 3.8) is 0 Å². The third-order valence-electron chi connectivity index (χ3n) is 13.0. The lowest BCUT2D eigenvalue weighted by atomic mass is 9.91. The summed E-state index contributed by atoms with van der Waals surface area (Å²) in [6, 6.07) is 85.5. The summed E-state index contributed by atoms with van der Waals surface area (Å²) in [5.41, 5.74) is 10.7. The first-order valence-corrected chi connectivity index (χ1v) is 22.1. The monoisotopic (exact) mass is 838 g/mol. The molecule has 306 valence electrons. The molecule has 0 bridgehead atoms. The van der Waals surface area contributed by atoms with Gasteiger partial charge in [0.2, 0.25) is 0 Å². The molecule has 0 spiro atoms. The van der Waals surface area contributed by atoms with Crippen molar-refractivity contribution in [1.82, 2.24) is 0 Å². The van der Waals surface area contributed by atoms with Crippen LogP contribution in [0.2, 0.25) is 0 Å². The summed E-state index contributed by atoms with van der Waals surface area (Å²) in [6.45, 7) is 0. The lowest BCUT2D eigenvalue weighted by molar-refractivity contribution is 1.28. The quantitative estimate of drug-likeness (QED) is 0.143. The topological polar surface area (TPSA) is 54.1 Å². The first-order valence-electron chi connectivity index (χ1n) is 22.1. The second kappa shape index (κ2) is 15.8. The number of hydrogen-bond donors (Lipinski definition) is 0. The van der Waals surface area contributed by atoms with Gasteiger partial charge in [-0.15, -0.1) is 0 Å². The van der Waals surface area contributed by atoms with Crippen LogP contribution >= 0.6 is 0 Å². The van der Waals surface area contributed by atoms with Crippen LogP contribution in [0.3, 0.4) is 0 Å². The Morgan fingerprint density at radius 3 is 1.03 bits per heavy atom. The van der Waals surface area contributed by atoms with E-state index in [1.54, 1.807) is 0 Å². The maximum absolute atomic E-state index is 10.9. The van der Waals surface area contributed by atoms with Gasteiger partial charge < -0.3 is 9.80 Å². The molecule has 0 aliphatic rings. The highest BCUT2D eigenvalue weighted by atomic mass is 15.2. The first-order chi connectivity index (χ1) is 32.6. The number of para-hydroxylation sites is 2. The molecule has 0 heterocycles. The van der Waals surface area contributed by atoms with Crippen LogP contribution < -0.4 is 9.80 Å². The maximum atomic E-state index is 10.9. The van der Waals surface area contributed by atoms with Gasteiger partial charge in [-0.3, -0.25) is 0 Å². The Kier molecular flexibility index (Phi) is 9.23. The second-order valence-electron chi connectivity index (χ2n) is 16.7. The molecular weight excluding hydrogens is 801 g/mol. The van der Waals surface area contributed by atoms with Crippen LogP contribution in [-0.4, -0.2) is 0 Å². The predicted molar refractivity (Wildman–Crippen MR) is 275 cm³/mol. The number of hydrogen-bond acceptors (Lipinski definition) is 4. The Bertz CT molecular complexity index is 3660. The van der Waals surface area contributed by atoms with Gasteiger partial charge in [0, 0.05) is 22.1 Å². The van der Waals surface area contributed by atoms with Gasteiger partial charge in [0.25, 0.3) is 0 Å². The van der Waals surface area contributed by atoms with Gasteiger partial charge >= 0.3 is 0 Å². The molecule has 0 unspecified atom stereocenters. The van der Waals surface area contributed by atoms with E-state index in [0.717, 1.165) is 99.5 Å². The van der Waals surface area contributed by atoms with Crippen molar-refractivity contribution < 1.29 is 0 Å². The molecule has 12 aromatic carbocycles. The number of fused-ring (bicyclic) bond motifs is 2. The highest BCUT2D eigenvalue weighted by Gasteiger charge is 2.24. The van der Waals surface area contributed by atoms with Gasteiger partial charge in [-0.2, -0.15) is 10.5 Å². The van der Waals surface area contributed by atoms with Gasteiger partial charge in [-0.25, -0.2) is 0 Å². The third kappa shape index (κ3) is 6.45. The lowest BCUT2D eigenvalue weighted by Crippen LogP contribution is -2.13. The molecule has 0 N–H and O–H groups in total. The molecule has 4 nitrogen and oxygen atoms in total. The van der Waals surface area contributed by atoms with Crippen LogP contribution in [0.15, 0.2) is 231 Å². The van der Waals surface area contributed by atoms with E-state index in [1.807, 2.05) is 48.5 Å². The fraction of sp³-hybridized carbons (Fsp3) is 0. The van der Waals surface area contributed by atoms with Crippen LogP contribution in [-0.2, 0) is 0 Å². The van der Waals surface area contributed by atoms with Crippen LogP contribution in [0.4, 0.5) is 34.1 Å². The number of benzene rings is 12. The molecule has 66 heavy (non-hydrogen) atoms. The zero-order valence-electron chi connectivity index (χ0n) is 35.7. The highest BCUT2D eigenvalue weighted by molar-refractivity contribution is 6.28. The summed E-state index contributed by atoms with van der Waals surface area (Å²) >= 11 is 0. The number of rotatable bonds is 8. The average Bonchev–Trinajstić information content (AvgIpc) is 3.39. The summed E-state index contributed by atoms with van der Waals surface area (Å²) in [7, 11) is 0. The highest BCUT2D eigenvalue weighted by Crippen LogP contribution is 2.49. The van der Waals surface area contributed by atoms with E-state index in [-0.39, 0.29) is 0 Å². The van der Waals surface area contributed by atoms with Gasteiger partial charge in [-0.05, 0) is 138 Å². The molecule has 4 heteroatoms. The molecule has 0 saturated heterocycles. The zero-order valence-corrected chi connectivity index (χ0v) is 35.7. The summed E-state index contributed by atoms with van der Waals surface area (Å²) in [5, 5.41) is 33.0. The second-order valence-corrected chi connectivity index (χ2v) is 16.7. The Morgan fingerprint density at radius 2 is 0.606 bits per heavy atom. The van der Waals surface area contributed by atoms with Crippen molar-refractivity contribution in [2.24, 2.45) is 0 Å². The molecule has 0 atom stereocenters. The van der Waals surface area contributed by atoms with E-state index in [0.29, 0.717) is 11.1 Å². The normalized spacial score (nSPS) is 11.3. The lowest BCUT2D eigenvalue weighted by Gasteiger charge is -2.30. The minimum absolute atomic E-state index is 0.580. The van der Waals surface area contributed by atoms with E-state index >= 15 is 0 Å². The minimum Gasteiger partial charge on any atom is -0.309 e. The van der Waals surface area contributed by atoms with E-state index in [4.69, 9.17) is 0 Å². The first kappa shape index (κ1) is 38.5. The SMILES string of the molecule is N#Cc1cc(-c2ccc3ccccc3c2)ccc1N(c1ccccc1)c1ccc2ccc3c(N(c4ccccc4)c4ccc(-c5ccc6ccccc6c5)cc4C#N)ccc4ccc1c2c43. The molecule has 0 fully saturated rings. The molecule has 0 amide bonds. The molecule has 0 radical (unpaired) electrons. The van der Waals surface area contributed by atoms with Crippen molar-refractivity contribution in [2.45, 2.75) is 0 Å². The van der Waals surface area contributed by atoms with Crippen LogP contribution in [0.25, 0.3) is 76.1 Å². The Balaban J connectivity index is 1.03. The average molecular weight is 839 g/mol. The maximum Gasteiger partial charge on any atom is 0.101 e. The molecule has 0 aliphatic heterocycles. The van der Waals surface area contributed by atoms with Crippen LogP contribution in [0.1, 0.15) is 11.1 Å². The fourth-order valence-electron chi connectivity index (χ4n) is 9.87. The molecule has 12 rings (SSSR count). The van der Waals surface area contributed by atoms with Gasteiger partial charge in [-0.1, -0.05) is 158 Å². The van der Waals surface area contributed by atoms with E-state index in [2.05, 4.69) is 204 Å². The Hall–Kier alpha value is -9.22. The van der Waals surface area contributed by atoms with Gasteiger partial charge in [0.05, 0.1) is 33.9 Å². The summed E-state index contributed by atoms with van der Waals surface area (Å²) in [4.78, 5) is 4.45. The third-order valence-corrected chi connectivity index (χ3v) is 13.0. The van der Waals surface area contributed by atoms with E-state index in [9.17, 15) is 10.5 Å². The largest absolute Gasteiger partial charge is 0.309 e. The van der Waals surface area contributed by atoms with E-state index in [1.165, 1.54) is 10.8 Å². The molecule has 0 aromatic heterocycles. The van der Waals surface area contributed by atoms with Crippen molar-refractivity contribution in [1.29, 1.82) is 10.5 Å². The summed E-state index contributed by atoms with van der Waals surface area (Å²) < 4.78 is 0. The van der Waals surface area contributed by atoms with Gasteiger partial charge in [0.15, 0.2) is 0 Å². The molecule has 0 saturated carbocycles.